The molecule has 0 spiro atoms. The molecule has 1 atom stereocenters. The van der Waals surface area contributed by atoms with E-state index in [1.165, 1.54) is 12.1 Å². The lowest BCUT2D eigenvalue weighted by Crippen LogP contribution is -2.40. The number of nitrogens with one attached hydrogen (secondary N) is 2. The van der Waals surface area contributed by atoms with Gasteiger partial charge in [-0.2, -0.15) is 0 Å². The summed E-state index contributed by atoms with van der Waals surface area (Å²) in [5.74, 6) is 1.90. The van der Waals surface area contributed by atoms with Gasteiger partial charge in [-0.05, 0) is 60.0 Å². The highest BCUT2D eigenvalue weighted by molar-refractivity contribution is 7.89. The van der Waals surface area contributed by atoms with E-state index in [0.717, 1.165) is 10.8 Å². The third kappa shape index (κ3) is 4.73. The van der Waals surface area contributed by atoms with Gasteiger partial charge in [0.05, 0.1) is 11.4 Å². The molecule has 33 heavy (non-hydrogen) atoms. The van der Waals surface area contributed by atoms with Crippen LogP contribution in [-0.4, -0.2) is 32.7 Å². The highest BCUT2D eigenvalue weighted by Gasteiger charge is 2.23. The highest BCUT2D eigenvalue weighted by Crippen LogP contribution is 2.31. The molecular weight excluding hydrogens is 462 g/mol. The molecule has 0 aliphatic carbocycles. The van der Waals surface area contributed by atoms with Gasteiger partial charge in [0.25, 0.3) is 0 Å². The second-order valence-corrected chi connectivity index (χ2v) is 9.73. The lowest BCUT2D eigenvalue weighted by Gasteiger charge is -2.26. The van der Waals surface area contributed by atoms with Crippen LogP contribution in [0.25, 0.3) is 10.8 Å². The Morgan fingerprint density at radius 1 is 1.00 bits per heavy atom. The summed E-state index contributed by atoms with van der Waals surface area (Å²) < 4.78 is 39.5. The molecule has 0 saturated carbocycles. The SMILES string of the molecule is O=S(=O)(NCC1COc2ccccc2O1)c1ccc(Nc2nccc3ccc(Cl)cc23)cc1. The molecule has 0 amide bonds. The number of fused-ring (bicyclic) bond motifs is 2. The Hall–Kier alpha value is -3.33. The van der Waals surface area contributed by atoms with E-state index in [2.05, 4.69) is 15.0 Å². The molecule has 2 N–H and O–H groups in total. The highest BCUT2D eigenvalue weighted by atomic mass is 35.5. The summed E-state index contributed by atoms with van der Waals surface area (Å²) in [7, 11) is -3.71. The zero-order valence-corrected chi connectivity index (χ0v) is 18.9. The number of pyridine rings is 1. The topological polar surface area (TPSA) is 89.6 Å². The van der Waals surface area contributed by atoms with Gasteiger partial charge in [0.15, 0.2) is 11.5 Å². The predicted octanol–water partition coefficient (Wildman–Crippen LogP) is 4.75. The van der Waals surface area contributed by atoms with Crippen LogP contribution < -0.4 is 19.5 Å². The Morgan fingerprint density at radius 2 is 1.79 bits per heavy atom. The zero-order chi connectivity index (χ0) is 22.8. The van der Waals surface area contributed by atoms with Crippen molar-refractivity contribution in [1.82, 2.24) is 9.71 Å². The largest absolute Gasteiger partial charge is 0.486 e. The third-order valence-electron chi connectivity index (χ3n) is 5.22. The number of aromatic nitrogens is 1. The Bertz CT molecular complexity index is 1410. The van der Waals surface area contributed by atoms with Crippen LogP contribution in [0.15, 0.2) is 83.9 Å². The number of hydrogen-bond acceptors (Lipinski definition) is 6. The van der Waals surface area contributed by atoms with Gasteiger partial charge in [0.2, 0.25) is 10.0 Å². The molecule has 0 saturated heterocycles. The van der Waals surface area contributed by atoms with E-state index in [4.69, 9.17) is 21.1 Å². The van der Waals surface area contributed by atoms with Crippen molar-refractivity contribution in [3.8, 4) is 11.5 Å². The fraction of sp³-hybridized carbons (Fsp3) is 0.125. The van der Waals surface area contributed by atoms with E-state index in [-0.39, 0.29) is 18.0 Å². The van der Waals surface area contributed by atoms with Gasteiger partial charge in [0, 0.05) is 22.3 Å². The number of nitrogens with zero attached hydrogens (tertiary/aromatic N) is 1. The Morgan fingerprint density at radius 3 is 2.61 bits per heavy atom. The van der Waals surface area contributed by atoms with Gasteiger partial charge in [0.1, 0.15) is 18.5 Å². The van der Waals surface area contributed by atoms with Crippen molar-refractivity contribution in [2.24, 2.45) is 0 Å². The number of ether oxygens (including phenoxy) is 2. The van der Waals surface area contributed by atoms with Gasteiger partial charge in [-0.1, -0.05) is 29.8 Å². The van der Waals surface area contributed by atoms with Crippen LogP contribution in [0, 0.1) is 0 Å². The number of anilines is 2. The van der Waals surface area contributed by atoms with Crippen molar-refractivity contribution >= 4 is 43.9 Å². The average molecular weight is 482 g/mol. The minimum Gasteiger partial charge on any atom is -0.486 e. The van der Waals surface area contributed by atoms with Crippen LogP contribution in [0.1, 0.15) is 0 Å². The van der Waals surface area contributed by atoms with Crippen LogP contribution in [0.2, 0.25) is 5.02 Å². The summed E-state index contributed by atoms with van der Waals surface area (Å²) in [4.78, 5) is 4.54. The molecule has 1 aliphatic heterocycles. The van der Waals surface area contributed by atoms with E-state index in [1.807, 2.05) is 42.5 Å². The summed E-state index contributed by atoms with van der Waals surface area (Å²) in [6, 6.07) is 21.2. The lowest BCUT2D eigenvalue weighted by atomic mass is 10.1. The van der Waals surface area contributed by atoms with Gasteiger partial charge >= 0.3 is 0 Å². The maximum atomic E-state index is 12.7. The molecular formula is C24H20ClN3O4S. The average Bonchev–Trinajstić information content (AvgIpc) is 2.83. The van der Waals surface area contributed by atoms with E-state index in [9.17, 15) is 8.42 Å². The first-order chi connectivity index (χ1) is 16.0. The molecule has 4 aromatic rings. The number of rotatable bonds is 6. The maximum Gasteiger partial charge on any atom is 0.240 e. The zero-order valence-electron chi connectivity index (χ0n) is 17.4. The summed E-state index contributed by atoms with van der Waals surface area (Å²) in [5, 5.41) is 5.71. The Balaban J connectivity index is 1.26. The number of halogens is 1. The smallest absolute Gasteiger partial charge is 0.240 e. The van der Waals surface area contributed by atoms with Gasteiger partial charge in [-0.25, -0.2) is 18.1 Å². The van der Waals surface area contributed by atoms with E-state index in [0.29, 0.717) is 28.0 Å². The quantitative estimate of drug-likeness (QED) is 0.413. The minimum absolute atomic E-state index is 0.0946. The third-order valence-corrected chi connectivity index (χ3v) is 6.90. The van der Waals surface area contributed by atoms with Crippen LogP contribution in [-0.2, 0) is 10.0 Å². The maximum absolute atomic E-state index is 12.7. The molecule has 1 aliphatic rings. The normalized spacial score (nSPS) is 15.4. The van der Waals surface area contributed by atoms with Crippen molar-refractivity contribution in [2.75, 3.05) is 18.5 Å². The first-order valence-corrected chi connectivity index (χ1v) is 12.1. The fourth-order valence-electron chi connectivity index (χ4n) is 3.54. The first kappa shape index (κ1) is 21.5. The lowest BCUT2D eigenvalue weighted by molar-refractivity contribution is 0.0943. The van der Waals surface area contributed by atoms with Crippen LogP contribution in [0.5, 0.6) is 11.5 Å². The predicted molar refractivity (Wildman–Crippen MR) is 128 cm³/mol. The fourth-order valence-corrected chi connectivity index (χ4v) is 4.78. The van der Waals surface area contributed by atoms with Gasteiger partial charge in [-0.3, -0.25) is 0 Å². The number of hydrogen-bond donors (Lipinski definition) is 2. The van der Waals surface area contributed by atoms with Gasteiger partial charge in [-0.15, -0.1) is 0 Å². The standard InChI is InChI=1S/C24H20ClN3O4S/c25-17-6-5-16-11-12-26-24(21(16)13-17)28-18-7-9-20(10-8-18)33(29,30)27-14-19-15-31-22-3-1-2-4-23(22)32-19/h1-13,19,27H,14-15H2,(H,26,28). The van der Waals surface area contributed by atoms with E-state index in [1.54, 1.807) is 24.4 Å². The number of benzene rings is 3. The molecule has 1 unspecified atom stereocenters. The molecule has 5 rings (SSSR count). The summed E-state index contributed by atoms with van der Waals surface area (Å²) >= 11 is 6.13. The van der Waals surface area contributed by atoms with Crippen molar-refractivity contribution in [3.05, 3.63) is 84.0 Å². The molecule has 1 aromatic heterocycles. The molecule has 0 fully saturated rings. The van der Waals surface area contributed by atoms with Crippen LogP contribution in [0.3, 0.4) is 0 Å². The van der Waals surface area contributed by atoms with E-state index < -0.39 is 16.1 Å². The van der Waals surface area contributed by atoms with Crippen molar-refractivity contribution in [3.63, 3.8) is 0 Å². The molecule has 0 radical (unpaired) electrons. The molecule has 3 aromatic carbocycles. The minimum atomic E-state index is -3.71. The van der Waals surface area contributed by atoms with Crippen LogP contribution in [0.4, 0.5) is 11.5 Å². The second-order valence-electron chi connectivity index (χ2n) is 7.52. The Kier molecular flexibility index (Phi) is 5.80. The first-order valence-electron chi connectivity index (χ1n) is 10.3. The molecule has 0 bridgehead atoms. The molecule has 9 heteroatoms. The number of para-hydroxylation sites is 2. The summed E-state index contributed by atoms with van der Waals surface area (Å²) in [6.07, 6.45) is 1.29. The van der Waals surface area contributed by atoms with Crippen molar-refractivity contribution in [1.29, 1.82) is 0 Å². The van der Waals surface area contributed by atoms with Crippen molar-refractivity contribution < 1.29 is 17.9 Å². The monoisotopic (exact) mass is 481 g/mol. The Labute approximate surface area is 196 Å². The van der Waals surface area contributed by atoms with E-state index >= 15 is 0 Å². The van der Waals surface area contributed by atoms with Crippen molar-refractivity contribution in [2.45, 2.75) is 11.0 Å². The second kappa shape index (κ2) is 8.90. The summed E-state index contributed by atoms with van der Waals surface area (Å²) in [5.41, 5.74) is 0.703. The molecule has 7 nitrogen and oxygen atoms in total. The number of sulfonamides is 1. The molecule has 2 heterocycles. The summed E-state index contributed by atoms with van der Waals surface area (Å²) in [6.45, 7) is 0.363. The van der Waals surface area contributed by atoms with Crippen LogP contribution >= 0.6 is 11.6 Å². The van der Waals surface area contributed by atoms with Gasteiger partial charge < -0.3 is 14.8 Å². The molecule has 168 valence electrons.